The van der Waals surface area contributed by atoms with E-state index in [4.69, 9.17) is 9.47 Å². The normalized spacial score (nSPS) is 10.4. The van der Waals surface area contributed by atoms with E-state index in [1.54, 1.807) is 49.5 Å². The van der Waals surface area contributed by atoms with E-state index in [0.29, 0.717) is 17.9 Å². The highest BCUT2D eigenvalue weighted by Crippen LogP contribution is 2.11. The maximum atomic E-state index is 11.8. The molecule has 0 aliphatic carbocycles. The summed E-state index contributed by atoms with van der Waals surface area (Å²) in [4.78, 5) is 26.8. The molecule has 7 nitrogen and oxygen atoms in total. The van der Waals surface area contributed by atoms with E-state index in [1.165, 1.54) is 12.4 Å². The molecule has 1 heterocycles. The van der Waals surface area contributed by atoms with Gasteiger partial charge in [0.05, 0.1) is 18.4 Å². The van der Waals surface area contributed by atoms with E-state index in [1.807, 2.05) is 0 Å². The van der Waals surface area contributed by atoms with Gasteiger partial charge in [0.1, 0.15) is 5.75 Å². The smallest absolute Gasteiger partial charge is 0.344 e. The number of carbonyl (C=O) groups excluding carboxylic acids is 2. The molecule has 1 N–H and O–H groups in total. The molecule has 2 aromatic rings. The maximum Gasteiger partial charge on any atom is 0.344 e. The summed E-state index contributed by atoms with van der Waals surface area (Å²) in [5.41, 5.74) is 3.61. The Kier molecular flexibility index (Phi) is 6.46. The minimum atomic E-state index is -0.416. The number of hydrogen-bond donors (Lipinski definition) is 1. The molecule has 1 aromatic heterocycles. The molecule has 1 amide bonds. The number of nitrogens with one attached hydrogen (secondary N) is 1. The molecule has 1 aromatic carbocycles. The van der Waals surface area contributed by atoms with Gasteiger partial charge in [0.2, 0.25) is 0 Å². The zero-order valence-corrected chi connectivity index (χ0v) is 13.1. The molecular weight excluding hydrogens is 310 g/mol. The van der Waals surface area contributed by atoms with Crippen molar-refractivity contribution in [2.24, 2.45) is 5.10 Å². The minimum absolute atomic E-state index is 0.136. The molecule has 124 valence electrons. The van der Waals surface area contributed by atoms with Gasteiger partial charge in [-0.2, -0.15) is 5.10 Å². The molecule has 0 spiro atoms. The number of hydrogen-bond acceptors (Lipinski definition) is 6. The summed E-state index contributed by atoms with van der Waals surface area (Å²) in [6.07, 6.45) is 4.55. The summed E-state index contributed by atoms with van der Waals surface area (Å²) in [6.45, 7) is 1.92. The van der Waals surface area contributed by atoms with E-state index in [0.717, 1.165) is 5.56 Å². The minimum Gasteiger partial charge on any atom is -0.482 e. The second kappa shape index (κ2) is 9.04. The lowest BCUT2D eigenvalue weighted by Crippen LogP contribution is -2.17. The lowest BCUT2D eigenvalue weighted by atomic mass is 10.2. The van der Waals surface area contributed by atoms with Gasteiger partial charge >= 0.3 is 5.97 Å². The van der Waals surface area contributed by atoms with Crippen LogP contribution >= 0.6 is 0 Å². The number of ether oxygens (including phenoxy) is 2. The predicted molar refractivity (Wildman–Crippen MR) is 87.9 cm³/mol. The van der Waals surface area contributed by atoms with E-state index >= 15 is 0 Å². The number of aromatic nitrogens is 1. The highest BCUT2D eigenvalue weighted by Gasteiger charge is 2.03. The molecule has 0 saturated carbocycles. The van der Waals surface area contributed by atoms with Crippen molar-refractivity contribution >= 4 is 18.1 Å². The van der Waals surface area contributed by atoms with Crippen molar-refractivity contribution in [3.63, 3.8) is 0 Å². The number of hydrazone groups is 1. The van der Waals surface area contributed by atoms with Gasteiger partial charge in [-0.3, -0.25) is 9.78 Å². The van der Waals surface area contributed by atoms with E-state index in [-0.39, 0.29) is 12.5 Å². The number of amides is 1. The predicted octanol–water partition coefficient (Wildman–Crippen LogP) is 1.79. The molecule has 0 atom stereocenters. The standard InChI is InChI=1S/C17H17N3O4/c1-2-23-16(21)12-24-15-7-5-13(6-8-15)10-19-20-17(22)14-4-3-9-18-11-14/h3-11H,2,12H2,1H3,(H,20,22). The van der Waals surface area contributed by atoms with Crippen molar-refractivity contribution in [3.05, 3.63) is 59.9 Å². The van der Waals surface area contributed by atoms with Crippen LogP contribution in [0.4, 0.5) is 0 Å². The van der Waals surface area contributed by atoms with Gasteiger partial charge in [-0.05, 0) is 48.9 Å². The first kappa shape index (κ1) is 17.1. The van der Waals surface area contributed by atoms with Crippen LogP contribution in [0.3, 0.4) is 0 Å². The summed E-state index contributed by atoms with van der Waals surface area (Å²) in [5, 5.41) is 3.88. The van der Waals surface area contributed by atoms with Gasteiger partial charge in [-0.15, -0.1) is 0 Å². The van der Waals surface area contributed by atoms with Crippen molar-refractivity contribution in [2.45, 2.75) is 6.92 Å². The SMILES string of the molecule is CCOC(=O)COc1ccc(C=NNC(=O)c2cccnc2)cc1. The second-order valence-electron chi connectivity index (χ2n) is 4.60. The summed E-state index contributed by atoms with van der Waals surface area (Å²) in [6, 6.07) is 10.2. The van der Waals surface area contributed by atoms with Crippen molar-refractivity contribution in [1.82, 2.24) is 10.4 Å². The van der Waals surface area contributed by atoms with Crippen LogP contribution in [0.2, 0.25) is 0 Å². The number of benzene rings is 1. The van der Waals surface area contributed by atoms with Crippen LogP contribution < -0.4 is 10.2 Å². The van der Waals surface area contributed by atoms with Gasteiger partial charge in [-0.25, -0.2) is 10.2 Å². The molecule has 0 fully saturated rings. The average Bonchev–Trinajstić information content (AvgIpc) is 2.62. The zero-order valence-electron chi connectivity index (χ0n) is 13.1. The molecule has 7 heteroatoms. The van der Waals surface area contributed by atoms with Crippen molar-refractivity contribution < 1.29 is 19.1 Å². The molecule has 0 aliphatic rings. The van der Waals surface area contributed by atoms with Gasteiger partial charge in [0.25, 0.3) is 5.91 Å². The number of rotatable bonds is 7. The first-order valence-electron chi connectivity index (χ1n) is 7.31. The van der Waals surface area contributed by atoms with Gasteiger partial charge < -0.3 is 9.47 Å². The molecule has 0 aliphatic heterocycles. The van der Waals surface area contributed by atoms with Crippen molar-refractivity contribution in [1.29, 1.82) is 0 Å². The Morgan fingerprint density at radius 3 is 2.71 bits per heavy atom. The largest absolute Gasteiger partial charge is 0.482 e. The Balaban J connectivity index is 1.83. The van der Waals surface area contributed by atoms with E-state index in [9.17, 15) is 9.59 Å². The molecule has 24 heavy (non-hydrogen) atoms. The summed E-state index contributed by atoms with van der Waals surface area (Å²) in [7, 11) is 0. The number of carbonyl (C=O) groups is 2. The van der Waals surface area contributed by atoms with Crippen LogP contribution in [-0.4, -0.2) is 36.3 Å². The fourth-order valence-corrected chi connectivity index (χ4v) is 1.72. The summed E-state index contributed by atoms with van der Waals surface area (Å²) < 4.78 is 10.0. The Morgan fingerprint density at radius 1 is 1.25 bits per heavy atom. The maximum absolute atomic E-state index is 11.8. The third-order valence-corrected chi connectivity index (χ3v) is 2.85. The molecule has 2 rings (SSSR count). The molecule has 0 saturated heterocycles. The fourth-order valence-electron chi connectivity index (χ4n) is 1.72. The van der Waals surface area contributed by atoms with E-state index in [2.05, 4.69) is 15.5 Å². The van der Waals surface area contributed by atoms with Gasteiger partial charge in [0, 0.05) is 12.4 Å². The molecule has 0 unspecified atom stereocenters. The molecular formula is C17H17N3O4. The highest BCUT2D eigenvalue weighted by molar-refractivity contribution is 5.94. The van der Waals surface area contributed by atoms with Crippen LogP contribution in [-0.2, 0) is 9.53 Å². The monoisotopic (exact) mass is 327 g/mol. The quantitative estimate of drug-likeness (QED) is 0.476. The van der Waals surface area contributed by atoms with Crippen LogP contribution in [0, 0.1) is 0 Å². The zero-order chi connectivity index (χ0) is 17.2. The van der Waals surface area contributed by atoms with Crippen LogP contribution in [0.1, 0.15) is 22.8 Å². The van der Waals surface area contributed by atoms with Gasteiger partial charge in [0.15, 0.2) is 6.61 Å². The Hall–Kier alpha value is -3.22. The topological polar surface area (TPSA) is 89.9 Å². The lowest BCUT2D eigenvalue weighted by Gasteiger charge is -2.05. The second-order valence-corrected chi connectivity index (χ2v) is 4.60. The molecule has 0 radical (unpaired) electrons. The molecule has 0 bridgehead atoms. The third kappa shape index (κ3) is 5.53. The fraction of sp³-hybridized carbons (Fsp3) is 0.176. The Morgan fingerprint density at radius 2 is 2.04 bits per heavy atom. The first-order valence-corrected chi connectivity index (χ1v) is 7.31. The lowest BCUT2D eigenvalue weighted by molar-refractivity contribution is -0.145. The number of esters is 1. The first-order chi connectivity index (χ1) is 11.7. The average molecular weight is 327 g/mol. The Bertz CT molecular complexity index is 700. The van der Waals surface area contributed by atoms with Crippen molar-refractivity contribution in [2.75, 3.05) is 13.2 Å². The van der Waals surface area contributed by atoms with Gasteiger partial charge in [-0.1, -0.05) is 0 Å². The number of pyridine rings is 1. The third-order valence-electron chi connectivity index (χ3n) is 2.85. The highest BCUT2D eigenvalue weighted by atomic mass is 16.6. The summed E-state index contributed by atoms with van der Waals surface area (Å²) in [5.74, 6) is -0.213. The Labute approximate surface area is 139 Å². The van der Waals surface area contributed by atoms with Crippen LogP contribution in [0.15, 0.2) is 53.9 Å². The van der Waals surface area contributed by atoms with Crippen LogP contribution in [0.25, 0.3) is 0 Å². The van der Waals surface area contributed by atoms with E-state index < -0.39 is 5.97 Å². The van der Waals surface area contributed by atoms with Crippen LogP contribution in [0.5, 0.6) is 5.75 Å². The number of nitrogens with zero attached hydrogens (tertiary/aromatic N) is 2. The van der Waals surface area contributed by atoms with Crippen molar-refractivity contribution in [3.8, 4) is 5.75 Å². The summed E-state index contributed by atoms with van der Waals surface area (Å²) >= 11 is 0.